The van der Waals surface area contributed by atoms with Gasteiger partial charge >= 0.3 is 0 Å². The van der Waals surface area contributed by atoms with Gasteiger partial charge in [-0.25, -0.2) is 9.50 Å². The summed E-state index contributed by atoms with van der Waals surface area (Å²) in [6.07, 6.45) is 3.89. The van der Waals surface area contributed by atoms with Crippen LogP contribution in [0.15, 0.2) is 41.0 Å². The van der Waals surface area contributed by atoms with Crippen molar-refractivity contribution in [3.63, 3.8) is 0 Å². The van der Waals surface area contributed by atoms with Crippen LogP contribution in [0, 0.1) is 5.92 Å². The minimum Gasteiger partial charge on any atom is -0.322 e. The Balaban J connectivity index is 1.86. The van der Waals surface area contributed by atoms with E-state index in [0.717, 1.165) is 53.0 Å². The maximum Gasteiger partial charge on any atom is 0.170 e. The van der Waals surface area contributed by atoms with Crippen molar-refractivity contribution in [2.45, 2.75) is 18.9 Å². The largest absolute Gasteiger partial charge is 0.322 e. The molecule has 0 aliphatic carbocycles. The lowest BCUT2D eigenvalue weighted by Gasteiger charge is -2.28. The number of halogens is 2. The highest BCUT2D eigenvalue weighted by atomic mass is 79.9. The summed E-state index contributed by atoms with van der Waals surface area (Å²) in [4.78, 5) is 4.76. The lowest BCUT2D eigenvalue weighted by Crippen LogP contribution is -2.34. The van der Waals surface area contributed by atoms with Gasteiger partial charge in [-0.15, -0.1) is 0 Å². The fourth-order valence-electron chi connectivity index (χ4n) is 3.45. The van der Waals surface area contributed by atoms with Gasteiger partial charge in [0.1, 0.15) is 0 Å². The van der Waals surface area contributed by atoms with Crippen LogP contribution in [-0.4, -0.2) is 27.7 Å². The van der Waals surface area contributed by atoms with Gasteiger partial charge in [0.2, 0.25) is 0 Å². The van der Waals surface area contributed by atoms with Crippen LogP contribution >= 0.6 is 27.5 Å². The fourth-order valence-corrected chi connectivity index (χ4v) is 4.03. The number of rotatable bonds is 3. The summed E-state index contributed by atoms with van der Waals surface area (Å²) in [5, 5.41) is 8.54. The van der Waals surface area contributed by atoms with E-state index in [2.05, 4.69) is 26.3 Å². The lowest BCUT2D eigenvalue weighted by atomic mass is 9.88. The molecule has 3 aromatic rings. The summed E-state index contributed by atoms with van der Waals surface area (Å²) in [5.41, 5.74) is 10.1. The lowest BCUT2D eigenvalue weighted by molar-refractivity contribution is 0.315. The summed E-state index contributed by atoms with van der Waals surface area (Å²) in [5.74, 6) is 0.425. The molecule has 0 radical (unpaired) electrons. The topological polar surface area (TPSA) is 68.2 Å². The molecule has 1 atom stereocenters. The van der Waals surface area contributed by atoms with E-state index in [1.54, 1.807) is 6.20 Å². The molecular formula is C18H19BrClN5. The standard InChI is InChI=1S/C18H19BrClN5/c19-13-10-23-25-16(17(21)11-5-7-22-8-6-11)9-15(24-18(13)25)12-3-1-2-4-14(12)20/h1-4,9-11,17,22H,5-8,21H2. The molecule has 25 heavy (non-hydrogen) atoms. The molecule has 1 saturated heterocycles. The zero-order chi connectivity index (χ0) is 17.4. The zero-order valence-corrected chi connectivity index (χ0v) is 16.0. The predicted octanol–water partition coefficient (Wildman–Crippen LogP) is 3.81. The normalized spacial score (nSPS) is 17.1. The molecule has 0 spiro atoms. The van der Waals surface area contributed by atoms with E-state index >= 15 is 0 Å². The molecule has 3 N–H and O–H groups in total. The molecule has 3 heterocycles. The van der Waals surface area contributed by atoms with Gasteiger partial charge in [0, 0.05) is 10.6 Å². The number of nitrogens with two attached hydrogens (primary N) is 1. The second kappa shape index (κ2) is 7.03. The smallest absolute Gasteiger partial charge is 0.170 e. The van der Waals surface area contributed by atoms with Crippen molar-refractivity contribution in [3.8, 4) is 11.3 Å². The first-order chi connectivity index (χ1) is 12.1. The maximum absolute atomic E-state index is 6.67. The Morgan fingerprint density at radius 3 is 2.80 bits per heavy atom. The third-order valence-corrected chi connectivity index (χ3v) is 5.73. The second-order valence-electron chi connectivity index (χ2n) is 6.39. The molecule has 0 amide bonds. The van der Waals surface area contributed by atoms with Gasteiger partial charge in [-0.3, -0.25) is 0 Å². The second-order valence-corrected chi connectivity index (χ2v) is 7.65. The number of nitrogens with zero attached hydrogens (tertiary/aromatic N) is 3. The van der Waals surface area contributed by atoms with Crippen LogP contribution in [0.2, 0.25) is 5.02 Å². The molecule has 4 rings (SSSR count). The van der Waals surface area contributed by atoms with E-state index in [-0.39, 0.29) is 6.04 Å². The monoisotopic (exact) mass is 419 g/mol. The molecule has 1 fully saturated rings. The van der Waals surface area contributed by atoms with Gasteiger partial charge < -0.3 is 11.1 Å². The number of nitrogens with one attached hydrogen (secondary N) is 1. The first-order valence-corrected chi connectivity index (χ1v) is 9.57. The molecule has 1 unspecified atom stereocenters. The Labute approximate surface area is 159 Å². The molecular weight excluding hydrogens is 402 g/mol. The third-order valence-electron chi connectivity index (χ3n) is 4.84. The summed E-state index contributed by atoms with van der Waals surface area (Å²) >= 11 is 9.93. The molecule has 5 nitrogen and oxygen atoms in total. The highest BCUT2D eigenvalue weighted by Gasteiger charge is 2.25. The van der Waals surface area contributed by atoms with E-state index < -0.39 is 0 Å². The SMILES string of the molecule is NC(c1cc(-c2ccccc2Cl)nc2c(Br)cnn12)C1CCNCC1. The number of hydrogen-bond acceptors (Lipinski definition) is 4. The van der Waals surface area contributed by atoms with E-state index in [1.807, 2.05) is 34.8 Å². The van der Waals surface area contributed by atoms with Crippen LogP contribution in [0.25, 0.3) is 16.9 Å². The van der Waals surface area contributed by atoms with Crippen LogP contribution in [0.5, 0.6) is 0 Å². The highest BCUT2D eigenvalue weighted by molar-refractivity contribution is 9.10. The Bertz CT molecular complexity index is 904. The first kappa shape index (κ1) is 17.0. The number of aromatic nitrogens is 3. The summed E-state index contributed by atoms with van der Waals surface area (Å²) in [7, 11) is 0. The van der Waals surface area contributed by atoms with Crippen molar-refractivity contribution in [3.05, 3.63) is 51.7 Å². The van der Waals surface area contributed by atoms with Crippen LogP contribution < -0.4 is 11.1 Å². The predicted molar refractivity (Wildman–Crippen MR) is 104 cm³/mol. The van der Waals surface area contributed by atoms with Gasteiger partial charge in [0.25, 0.3) is 0 Å². The summed E-state index contributed by atoms with van der Waals surface area (Å²) in [6.45, 7) is 2.01. The van der Waals surface area contributed by atoms with Crippen LogP contribution in [0.3, 0.4) is 0 Å². The quantitative estimate of drug-likeness (QED) is 0.676. The number of piperidine rings is 1. The zero-order valence-electron chi connectivity index (χ0n) is 13.6. The van der Waals surface area contributed by atoms with Gasteiger partial charge in [-0.2, -0.15) is 5.10 Å². The fraction of sp³-hybridized carbons (Fsp3) is 0.333. The van der Waals surface area contributed by atoms with Gasteiger partial charge in [0.15, 0.2) is 5.65 Å². The Hall–Kier alpha value is -1.47. The van der Waals surface area contributed by atoms with Crippen molar-refractivity contribution in [1.82, 2.24) is 19.9 Å². The van der Waals surface area contributed by atoms with Crippen LogP contribution in [-0.2, 0) is 0 Å². The molecule has 1 aromatic carbocycles. The first-order valence-electron chi connectivity index (χ1n) is 8.40. The Morgan fingerprint density at radius 2 is 2.04 bits per heavy atom. The molecule has 0 saturated carbocycles. The molecule has 1 aliphatic rings. The number of hydrogen-bond donors (Lipinski definition) is 2. The van der Waals surface area contributed by atoms with Crippen molar-refractivity contribution < 1.29 is 0 Å². The Kier molecular flexibility index (Phi) is 4.78. The molecule has 7 heteroatoms. The Morgan fingerprint density at radius 1 is 1.28 bits per heavy atom. The highest BCUT2D eigenvalue weighted by Crippen LogP contribution is 2.33. The van der Waals surface area contributed by atoms with Crippen LogP contribution in [0.4, 0.5) is 0 Å². The van der Waals surface area contributed by atoms with Crippen molar-refractivity contribution in [2.75, 3.05) is 13.1 Å². The van der Waals surface area contributed by atoms with Crippen molar-refractivity contribution in [2.24, 2.45) is 11.7 Å². The van der Waals surface area contributed by atoms with Gasteiger partial charge in [0.05, 0.1) is 28.1 Å². The van der Waals surface area contributed by atoms with Crippen LogP contribution in [0.1, 0.15) is 24.6 Å². The molecule has 130 valence electrons. The van der Waals surface area contributed by atoms with Crippen molar-refractivity contribution in [1.29, 1.82) is 0 Å². The molecule has 1 aliphatic heterocycles. The van der Waals surface area contributed by atoms with E-state index in [4.69, 9.17) is 22.3 Å². The average molecular weight is 421 g/mol. The minimum atomic E-state index is -0.0966. The van der Waals surface area contributed by atoms with Crippen molar-refractivity contribution >= 4 is 33.2 Å². The number of benzene rings is 1. The minimum absolute atomic E-state index is 0.0966. The van der Waals surface area contributed by atoms with E-state index in [1.165, 1.54) is 0 Å². The maximum atomic E-state index is 6.67. The van der Waals surface area contributed by atoms with E-state index in [9.17, 15) is 0 Å². The van der Waals surface area contributed by atoms with Gasteiger partial charge in [-0.05, 0) is 59.9 Å². The molecule has 2 aromatic heterocycles. The number of fused-ring (bicyclic) bond motifs is 1. The third kappa shape index (κ3) is 3.19. The average Bonchev–Trinajstić information content (AvgIpc) is 3.02. The summed E-state index contributed by atoms with van der Waals surface area (Å²) < 4.78 is 2.69. The summed E-state index contributed by atoms with van der Waals surface area (Å²) in [6, 6.07) is 9.67. The van der Waals surface area contributed by atoms with E-state index in [0.29, 0.717) is 10.9 Å². The van der Waals surface area contributed by atoms with Gasteiger partial charge in [-0.1, -0.05) is 29.8 Å². The molecule has 0 bridgehead atoms.